The quantitative estimate of drug-likeness (QED) is 0.595. The van der Waals surface area contributed by atoms with E-state index in [1.807, 2.05) is 30.3 Å². The maximum Gasteiger partial charge on any atom is 0.416 e. The van der Waals surface area contributed by atoms with Gasteiger partial charge in [-0.3, -0.25) is 14.5 Å². The number of aliphatic hydroxyl groups is 1. The highest BCUT2D eigenvalue weighted by Gasteiger charge is 2.46. The van der Waals surface area contributed by atoms with Crippen molar-refractivity contribution in [2.45, 2.75) is 56.3 Å². The lowest BCUT2D eigenvalue weighted by Crippen LogP contribution is -2.62. The van der Waals surface area contributed by atoms with E-state index < -0.39 is 29.4 Å². The standard InChI is InChI=1S/C29H32F3N3O4/c30-29(31,32)22-8-4-7-21(18-22)28(39)12-15-34(16-13-28)25(36)20-9-10-23-24(17-20)33-27(38)35(26(23)37)14-11-19-5-2-1-3-6-19/h1-8,18,20,23-24,39H,9-17H2,(H,33,38). The van der Waals surface area contributed by atoms with E-state index >= 15 is 0 Å². The molecule has 1 aliphatic carbocycles. The Labute approximate surface area is 225 Å². The number of likely N-dealkylation sites (tertiary alicyclic amines) is 1. The van der Waals surface area contributed by atoms with Crippen molar-refractivity contribution in [2.24, 2.45) is 11.8 Å². The molecule has 2 N–H and O–H groups in total. The molecule has 2 saturated heterocycles. The van der Waals surface area contributed by atoms with Gasteiger partial charge >= 0.3 is 12.2 Å². The largest absolute Gasteiger partial charge is 0.416 e. The molecule has 5 rings (SSSR count). The van der Waals surface area contributed by atoms with Crippen LogP contribution in [0.15, 0.2) is 54.6 Å². The third-order valence-electron chi connectivity index (χ3n) is 8.43. The lowest BCUT2D eigenvalue weighted by Gasteiger charge is -2.44. The molecule has 10 heteroatoms. The first-order chi connectivity index (χ1) is 18.5. The van der Waals surface area contributed by atoms with Crippen molar-refractivity contribution in [1.29, 1.82) is 0 Å². The number of rotatable bonds is 5. The fourth-order valence-corrected chi connectivity index (χ4v) is 6.11. The molecule has 3 fully saturated rings. The van der Waals surface area contributed by atoms with Crippen LogP contribution in [-0.2, 0) is 27.8 Å². The van der Waals surface area contributed by atoms with Gasteiger partial charge in [-0.2, -0.15) is 13.2 Å². The number of urea groups is 1. The number of benzene rings is 2. The molecule has 0 bridgehead atoms. The molecular weight excluding hydrogens is 511 g/mol. The van der Waals surface area contributed by atoms with Crippen LogP contribution in [0.4, 0.5) is 18.0 Å². The van der Waals surface area contributed by atoms with Gasteiger partial charge in [0.05, 0.1) is 17.1 Å². The first-order valence-electron chi connectivity index (χ1n) is 13.4. The summed E-state index contributed by atoms with van der Waals surface area (Å²) in [6, 6.07) is 13.5. The Balaban J connectivity index is 1.17. The predicted molar refractivity (Wildman–Crippen MR) is 136 cm³/mol. The van der Waals surface area contributed by atoms with Gasteiger partial charge in [-0.15, -0.1) is 0 Å². The number of halogens is 3. The highest BCUT2D eigenvalue weighted by molar-refractivity contribution is 5.99. The molecule has 2 aromatic carbocycles. The van der Waals surface area contributed by atoms with E-state index in [4.69, 9.17) is 0 Å². The number of piperidine rings is 1. The lowest BCUT2D eigenvalue weighted by atomic mass is 9.75. The molecule has 2 aromatic rings. The molecule has 208 valence electrons. The summed E-state index contributed by atoms with van der Waals surface area (Å²) in [5, 5.41) is 14.0. The van der Waals surface area contributed by atoms with Gasteiger partial charge in [0.15, 0.2) is 0 Å². The van der Waals surface area contributed by atoms with Gasteiger partial charge in [0.25, 0.3) is 0 Å². The van der Waals surface area contributed by atoms with Gasteiger partial charge in [-0.05, 0) is 61.8 Å². The van der Waals surface area contributed by atoms with E-state index in [0.717, 1.165) is 17.7 Å². The number of alkyl halides is 3. The summed E-state index contributed by atoms with van der Waals surface area (Å²) in [6.07, 6.45) is -2.31. The predicted octanol–water partition coefficient (Wildman–Crippen LogP) is 4.09. The fourth-order valence-electron chi connectivity index (χ4n) is 6.11. The minimum atomic E-state index is -4.50. The monoisotopic (exact) mass is 543 g/mol. The first-order valence-corrected chi connectivity index (χ1v) is 13.4. The molecule has 0 spiro atoms. The van der Waals surface area contributed by atoms with Crippen LogP contribution in [0, 0.1) is 11.8 Å². The van der Waals surface area contributed by atoms with Crippen LogP contribution in [0.25, 0.3) is 0 Å². The highest BCUT2D eigenvalue weighted by Crippen LogP contribution is 2.39. The second kappa shape index (κ2) is 10.6. The Hall–Kier alpha value is -3.40. The molecular formula is C29H32F3N3O4. The highest BCUT2D eigenvalue weighted by atomic mass is 19.4. The summed E-state index contributed by atoms with van der Waals surface area (Å²) in [5.74, 6) is -1.03. The van der Waals surface area contributed by atoms with Gasteiger partial charge < -0.3 is 15.3 Å². The zero-order valence-electron chi connectivity index (χ0n) is 21.5. The topological polar surface area (TPSA) is 90.0 Å². The SMILES string of the molecule is O=C(C1CCC2C(=O)N(CCc3ccccc3)C(=O)NC2C1)N1CCC(O)(c2cccc(C(F)(F)F)c2)CC1. The molecule has 2 heterocycles. The number of hydrogen-bond donors (Lipinski definition) is 2. The normalized spacial score (nSPS) is 25.2. The average Bonchev–Trinajstić information content (AvgIpc) is 2.93. The summed E-state index contributed by atoms with van der Waals surface area (Å²) in [6.45, 7) is 0.728. The van der Waals surface area contributed by atoms with Crippen LogP contribution in [-0.4, -0.2) is 58.4 Å². The maximum absolute atomic E-state index is 13.3. The number of nitrogens with zero attached hydrogens (tertiary/aromatic N) is 2. The van der Waals surface area contributed by atoms with Crippen LogP contribution in [0.2, 0.25) is 0 Å². The Bertz CT molecular complexity index is 1230. The number of fused-ring (bicyclic) bond motifs is 1. The van der Waals surface area contributed by atoms with Crippen LogP contribution >= 0.6 is 0 Å². The summed E-state index contributed by atoms with van der Waals surface area (Å²) < 4.78 is 39.4. The number of carbonyl (C=O) groups is 3. The molecule has 0 aromatic heterocycles. The van der Waals surface area contributed by atoms with Crippen LogP contribution in [0.5, 0.6) is 0 Å². The summed E-state index contributed by atoms with van der Waals surface area (Å²) in [7, 11) is 0. The van der Waals surface area contributed by atoms with Crippen LogP contribution in [0.3, 0.4) is 0 Å². The summed E-state index contributed by atoms with van der Waals surface area (Å²) in [5.41, 5.74) is -1.02. The van der Waals surface area contributed by atoms with E-state index in [1.165, 1.54) is 17.0 Å². The van der Waals surface area contributed by atoms with Crippen molar-refractivity contribution >= 4 is 17.8 Å². The Kier molecular flexibility index (Phi) is 7.41. The van der Waals surface area contributed by atoms with E-state index in [1.54, 1.807) is 4.90 Å². The minimum Gasteiger partial charge on any atom is -0.385 e. The zero-order chi connectivity index (χ0) is 27.8. The Morgan fingerprint density at radius 1 is 1.03 bits per heavy atom. The van der Waals surface area contributed by atoms with E-state index in [2.05, 4.69) is 5.32 Å². The molecule has 3 atom stereocenters. The number of nitrogens with one attached hydrogen (secondary N) is 1. The third-order valence-corrected chi connectivity index (χ3v) is 8.43. The van der Waals surface area contributed by atoms with Crippen molar-refractivity contribution in [3.8, 4) is 0 Å². The Morgan fingerprint density at radius 2 is 1.74 bits per heavy atom. The van der Waals surface area contributed by atoms with E-state index in [-0.39, 0.29) is 55.1 Å². The summed E-state index contributed by atoms with van der Waals surface area (Å²) in [4.78, 5) is 42.1. The molecule has 0 radical (unpaired) electrons. The van der Waals surface area contributed by atoms with Crippen molar-refractivity contribution in [2.75, 3.05) is 19.6 Å². The second-order valence-corrected chi connectivity index (χ2v) is 10.8. The molecule has 3 aliphatic rings. The van der Waals surface area contributed by atoms with Crippen molar-refractivity contribution < 1.29 is 32.7 Å². The number of amides is 4. The molecule has 39 heavy (non-hydrogen) atoms. The minimum absolute atomic E-state index is 0.104. The summed E-state index contributed by atoms with van der Waals surface area (Å²) >= 11 is 0. The van der Waals surface area contributed by atoms with Gasteiger partial charge in [0, 0.05) is 31.6 Å². The maximum atomic E-state index is 13.3. The van der Waals surface area contributed by atoms with Gasteiger partial charge in [0.2, 0.25) is 11.8 Å². The number of hydrogen-bond acceptors (Lipinski definition) is 4. The second-order valence-electron chi connectivity index (χ2n) is 10.8. The lowest BCUT2D eigenvalue weighted by molar-refractivity contribution is -0.145. The van der Waals surface area contributed by atoms with Crippen molar-refractivity contribution in [1.82, 2.24) is 15.1 Å². The molecule has 4 amide bonds. The van der Waals surface area contributed by atoms with Crippen LogP contribution in [0.1, 0.15) is 48.8 Å². The molecule has 7 nitrogen and oxygen atoms in total. The first kappa shape index (κ1) is 27.2. The van der Waals surface area contributed by atoms with E-state index in [0.29, 0.717) is 32.2 Å². The number of carbonyl (C=O) groups excluding carboxylic acids is 3. The van der Waals surface area contributed by atoms with Crippen molar-refractivity contribution in [3.05, 3.63) is 71.3 Å². The Morgan fingerprint density at radius 3 is 2.44 bits per heavy atom. The van der Waals surface area contributed by atoms with Crippen LogP contribution < -0.4 is 5.32 Å². The van der Waals surface area contributed by atoms with Gasteiger partial charge in [-0.25, -0.2) is 4.79 Å². The third kappa shape index (κ3) is 5.66. The molecule has 1 saturated carbocycles. The average molecular weight is 544 g/mol. The van der Waals surface area contributed by atoms with Gasteiger partial charge in [0.1, 0.15) is 0 Å². The molecule has 2 aliphatic heterocycles. The zero-order valence-corrected chi connectivity index (χ0v) is 21.5. The smallest absolute Gasteiger partial charge is 0.385 e. The number of imide groups is 1. The fraction of sp³-hybridized carbons (Fsp3) is 0.483. The van der Waals surface area contributed by atoms with Gasteiger partial charge in [-0.1, -0.05) is 42.5 Å². The molecule has 3 unspecified atom stereocenters. The van der Waals surface area contributed by atoms with E-state index in [9.17, 15) is 32.7 Å². The van der Waals surface area contributed by atoms with Crippen molar-refractivity contribution in [3.63, 3.8) is 0 Å².